The molecule has 0 spiro atoms. The lowest BCUT2D eigenvalue weighted by atomic mass is 10.3. The van der Waals surface area contributed by atoms with Crippen LogP contribution in [-0.4, -0.2) is 21.7 Å². The summed E-state index contributed by atoms with van der Waals surface area (Å²) in [5, 5.41) is 6.85. The van der Waals surface area contributed by atoms with Gasteiger partial charge >= 0.3 is 0 Å². The summed E-state index contributed by atoms with van der Waals surface area (Å²) in [6.07, 6.45) is 1.40. The summed E-state index contributed by atoms with van der Waals surface area (Å²) in [6, 6.07) is 1.84. The van der Waals surface area contributed by atoms with Crippen LogP contribution in [0.1, 0.15) is 18.4 Å². The van der Waals surface area contributed by atoms with Gasteiger partial charge in [-0.1, -0.05) is 5.16 Å². The largest absolute Gasteiger partial charge is 0.476 e. The summed E-state index contributed by atoms with van der Waals surface area (Å²) >= 11 is 0. The molecule has 3 N–H and O–H groups in total. The van der Waals surface area contributed by atoms with Crippen LogP contribution in [0, 0.1) is 6.92 Å². The maximum Gasteiger partial charge on any atom is 0.242 e. The number of nitrogen functional groups attached to an aromatic ring is 1. The minimum absolute atomic E-state index is 0.378. The van der Waals surface area contributed by atoms with Gasteiger partial charge in [0, 0.05) is 6.07 Å². The van der Waals surface area contributed by atoms with Gasteiger partial charge in [-0.05, 0) is 13.8 Å². The SMILES string of the molecule is CCOc1ncnc(NCc2cc(C)no2)c1N. The molecule has 0 aliphatic heterocycles. The summed E-state index contributed by atoms with van der Waals surface area (Å²) in [5.74, 6) is 1.61. The quantitative estimate of drug-likeness (QED) is 0.825. The van der Waals surface area contributed by atoms with Gasteiger partial charge in [-0.25, -0.2) is 4.98 Å². The molecule has 2 aromatic rings. The first-order valence-corrected chi connectivity index (χ1v) is 5.60. The van der Waals surface area contributed by atoms with Crippen LogP contribution in [0.25, 0.3) is 0 Å². The zero-order valence-electron chi connectivity index (χ0n) is 10.3. The molecule has 18 heavy (non-hydrogen) atoms. The van der Waals surface area contributed by atoms with Gasteiger partial charge in [-0.3, -0.25) is 0 Å². The summed E-state index contributed by atoms with van der Waals surface area (Å²) < 4.78 is 10.4. The van der Waals surface area contributed by atoms with E-state index in [0.29, 0.717) is 36.3 Å². The fraction of sp³-hybridized carbons (Fsp3) is 0.364. The fourth-order valence-electron chi connectivity index (χ4n) is 1.44. The monoisotopic (exact) mass is 249 g/mol. The highest BCUT2D eigenvalue weighted by Gasteiger charge is 2.09. The number of nitrogens with zero attached hydrogens (tertiary/aromatic N) is 3. The van der Waals surface area contributed by atoms with E-state index in [1.54, 1.807) is 0 Å². The van der Waals surface area contributed by atoms with Crippen LogP contribution in [0.5, 0.6) is 5.88 Å². The molecule has 0 bridgehead atoms. The number of nitrogens with one attached hydrogen (secondary N) is 1. The van der Waals surface area contributed by atoms with Gasteiger partial charge in [0.2, 0.25) is 5.88 Å². The lowest BCUT2D eigenvalue weighted by molar-refractivity contribution is 0.328. The number of ether oxygens (including phenoxy) is 1. The van der Waals surface area contributed by atoms with Crippen molar-refractivity contribution in [2.24, 2.45) is 0 Å². The second kappa shape index (κ2) is 5.35. The molecule has 0 aromatic carbocycles. The van der Waals surface area contributed by atoms with Gasteiger partial charge in [-0.2, -0.15) is 4.98 Å². The van der Waals surface area contributed by atoms with Gasteiger partial charge in [0.15, 0.2) is 11.6 Å². The number of hydrogen-bond donors (Lipinski definition) is 2. The Bertz CT molecular complexity index is 526. The van der Waals surface area contributed by atoms with Crippen molar-refractivity contribution in [3.63, 3.8) is 0 Å². The van der Waals surface area contributed by atoms with Crippen molar-refractivity contribution in [1.82, 2.24) is 15.1 Å². The van der Waals surface area contributed by atoms with Crippen LogP contribution >= 0.6 is 0 Å². The first-order chi connectivity index (χ1) is 8.70. The number of aryl methyl sites for hydroxylation is 1. The van der Waals surface area contributed by atoms with Crippen LogP contribution in [0.4, 0.5) is 11.5 Å². The van der Waals surface area contributed by atoms with E-state index in [4.69, 9.17) is 15.0 Å². The number of nitrogens with two attached hydrogens (primary N) is 1. The average molecular weight is 249 g/mol. The summed E-state index contributed by atoms with van der Waals surface area (Å²) in [6.45, 7) is 4.68. The predicted molar refractivity (Wildman–Crippen MR) is 66.2 cm³/mol. The van der Waals surface area contributed by atoms with Gasteiger partial charge < -0.3 is 20.3 Å². The van der Waals surface area contributed by atoms with E-state index < -0.39 is 0 Å². The highest BCUT2D eigenvalue weighted by atomic mass is 16.5. The molecule has 0 unspecified atom stereocenters. The van der Waals surface area contributed by atoms with Crippen molar-refractivity contribution in [2.45, 2.75) is 20.4 Å². The van der Waals surface area contributed by atoms with Crippen LogP contribution in [-0.2, 0) is 6.54 Å². The number of rotatable bonds is 5. The van der Waals surface area contributed by atoms with Crippen molar-refractivity contribution < 1.29 is 9.26 Å². The molecule has 0 saturated heterocycles. The number of hydrogen-bond acceptors (Lipinski definition) is 7. The lowest BCUT2D eigenvalue weighted by Crippen LogP contribution is -2.07. The molecule has 0 aliphatic carbocycles. The van der Waals surface area contributed by atoms with Crippen molar-refractivity contribution >= 4 is 11.5 Å². The smallest absolute Gasteiger partial charge is 0.242 e. The normalized spacial score (nSPS) is 10.3. The molecule has 0 saturated carbocycles. The maximum atomic E-state index is 5.88. The lowest BCUT2D eigenvalue weighted by Gasteiger charge is -2.09. The van der Waals surface area contributed by atoms with Gasteiger partial charge in [0.25, 0.3) is 0 Å². The summed E-state index contributed by atoms with van der Waals surface area (Å²) in [7, 11) is 0. The van der Waals surface area contributed by atoms with E-state index in [1.165, 1.54) is 6.33 Å². The summed E-state index contributed by atoms with van der Waals surface area (Å²) in [5.41, 5.74) is 7.10. The molecular weight excluding hydrogens is 234 g/mol. The third-order valence-electron chi connectivity index (χ3n) is 2.24. The topological polar surface area (TPSA) is 99.1 Å². The van der Waals surface area contributed by atoms with E-state index in [1.807, 2.05) is 19.9 Å². The third-order valence-corrected chi connectivity index (χ3v) is 2.24. The predicted octanol–water partition coefficient (Wildman–Crippen LogP) is 1.37. The van der Waals surface area contributed by atoms with Gasteiger partial charge in [0.1, 0.15) is 12.0 Å². The van der Waals surface area contributed by atoms with E-state index in [-0.39, 0.29) is 0 Å². The third kappa shape index (κ3) is 2.68. The fourth-order valence-corrected chi connectivity index (χ4v) is 1.44. The molecule has 0 amide bonds. The van der Waals surface area contributed by atoms with Crippen molar-refractivity contribution in [1.29, 1.82) is 0 Å². The van der Waals surface area contributed by atoms with Crippen molar-refractivity contribution in [2.75, 3.05) is 17.7 Å². The number of aromatic nitrogens is 3. The Morgan fingerprint density at radius 3 is 2.94 bits per heavy atom. The second-order valence-corrected chi connectivity index (χ2v) is 3.66. The molecule has 0 fully saturated rings. The average Bonchev–Trinajstić information content (AvgIpc) is 2.77. The molecular formula is C11H15N5O2. The molecule has 7 heteroatoms. The van der Waals surface area contributed by atoms with E-state index in [9.17, 15) is 0 Å². The first kappa shape index (κ1) is 12.2. The molecule has 2 rings (SSSR count). The Kier molecular flexibility index (Phi) is 3.61. The van der Waals surface area contributed by atoms with Gasteiger partial charge in [-0.15, -0.1) is 0 Å². The van der Waals surface area contributed by atoms with Crippen molar-refractivity contribution in [3.05, 3.63) is 23.8 Å². The molecule has 0 aliphatic rings. The van der Waals surface area contributed by atoms with E-state index >= 15 is 0 Å². The Balaban J connectivity index is 2.07. The molecule has 96 valence electrons. The highest BCUT2D eigenvalue weighted by molar-refractivity contribution is 5.66. The Hall–Kier alpha value is -2.31. The molecule has 0 radical (unpaired) electrons. The second-order valence-electron chi connectivity index (χ2n) is 3.66. The first-order valence-electron chi connectivity index (χ1n) is 5.60. The van der Waals surface area contributed by atoms with Crippen LogP contribution in [0.3, 0.4) is 0 Å². The van der Waals surface area contributed by atoms with Crippen LogP contribution in [0.15, 0.2) is 16.9 Å². The Labute approximate surface area is 104 Å². The minimum Gasteiger partial charge on any atom is -0.476 e. The summed E-state index contributed by atoms with van der Waals surface area (Å²) in [4.78, 5) is 8.01. The van der Waals surface area contributed by atoms with Crippen molar-refractivity contribution in [3.8, 4) is 5.88 Å². The van der Waals surface area contributed by atoms with Crippen LogP contribution in [0.2, 0.25) is 0 Å². The van der Waals surface area contributed by atoms with Crippen LogP contribution < -0.4 is 15.8 Å². The molecule has 2 aromatic heterocycles. The molecule has 7 nitrogen and oxygen atoms in total. The highest BCUT2D eigenvalue weighted by Crippen LogP contribution is 2.24. The number of anilines is 2. The van der Waals surface area contributed by atoms with E-state index in [2.05, 4.69) is 20.4 Å². The van der Waals surface area contributed by atoms with E-state index in [0.717, 1.165) is 5.69 Å². The van der Waals surface area contributed by atoms with Gasteiger partial charge in [0.05, 0.1) is 18.8 Å². The Morgan fingerprint density at radius 2 is 2.28 bits per heavy atom. The minimum atomic E-state index is 0.378. The Morgan fingerprint density at radius 1 is 1.44 bits per heavy atom. The maximum absolute atomic E-state index is 5.88. The standard InChI is InChI=1S/C11H15N5O2/c1-3-17-11-9(12)10(14-6-15-11)13-5-8-4-7(2)16-18-8/h4,6H,3,5,12H2,1-2H3,(H,13,14,15). The molecule has 0 atom stereocenters. The molecule has 2 heterocycles. The zero-order valence-corrected chi connectivity index (χ0v) is 10.3. The zero-order chi connectivity index (χ0) is 13.0.